The fourth-order valence-corrected chi connectivity index (χ4v) is 3.34. The SMILES string of the molecule is CC1(C)OC(CC#N)CC(CC(=O)N(Cc2ccccc2)C(C)(C)C)O1. The van der Waals surface area contributed by atoms with Gasteiger partial charge in [0, 0.05) is 18.5 Å². The van der Waals surface area contributed by atoms with E-state index in [1.54, 1.807) is 0 Å². The van der Waals surface area contributed by atoms with Crippen LogP contribution in [0.2, 0.25) is 0 Å². The first-order valence-corrected chi connectivity index (χ1v) is 9.18. The highest BCUT2D eigenvalue weighted by atomic mass is 16.7. The second kappa shape index (κ2) is 8.20. The van der Waals surface area contributed by atoms with E-state index in [4.69, 9.17) is 14.7 Å². The van der Waals surface area contributed by atoms with Crippen molar-refractivity contribution < 1.29 is 14.3 Å². The van der Waals surface area contributed by atoms with Crippen molar-refractivity contribution in [2.75, 3.05) is 0 Å². The number of carbonyl (C=O) groups is 1. The van der Waals surface area contributed by atoms with Crippen LogP contribution in [-0.4, -0.2) is 34.3 Å². The van der Waals surface area contributed by atoms with Gasteiger partial charge in [0.05, 0.1) is 31.1 Å². The molecule has 2 rings (SSSR count). The molecule has 0 N–H and O–H groups in total. The molecule has 1 aromatic rings. The van der Waals surface area contributed by atoms with E-state index in [9.17, 15) is 4.79 Å². The van der Waals surface area contributed by atoms with Crippen molar-refractivity contribution in [3.63, 3.8) is 0 Å². The molecule has 2 unspecified atom stereocenters. The first kappa shape index (κ1) is 20.4. The lowest BCUT2D eigenvalue weighted by Gasteiger charge is -2.42. The maximum absolute atomic E-state index is 13.1. The summed E-state index contributed by atoms with van der Waals surface area (Å²) < 4.78 is 11.7. The Kier molecular flexibility index (Phi) is 6.44. The largest absolute Gasteiger partial charge is 0.347 e. The van der Waals surface area contributed by atoms with Gasteiger partial charge in [0.25, 0.3) is 0 Å². The number of benzene rings is 1. The Bertz CT molecular complexity index is 643. The van der Waals surface area contributed by atoms with Gasteiger partial charge in [-0.1, -0.05) is 30.3 Å². The molecular formula is C21H30N2O3. The van der Waals surface area contributed by atoms with Crippen LogP contribution in [0.1, 0.15) is 59.4 Å². The van der Waals surface area contributed by atoms with Gasteiger partial charge in [-0.3, -0.25) is 4.79 Å². The molecule has 0 spiro atoms. The van der Waals surface area contributed by atoms with Crippen LogP contribution in [0.3, 0.4) is 0 Å². The van der Waals surface area contributed by atoms with Gasteiger partial charge in [-0.2, -0.15) is 5.26 Å². The molecule has 26 heavy (non-hydrogen) atoms. The summed E-state index contributed by atoms with van der Waals surface area (Å²) in [5.74, 6) is -0.726. The summed E-state index contributed by atoms with van der Waals surface area (Å²) >= 11 is 0. The quantitative estimate of drug-likeness (QED) is 0.797. The van der Waals surface area contributed by atoms with E-state index in [1.165, 1.54) is 0 Å². The Balaban J connectivity index is 2.09. The van der Waals surface area contributed by atoms with Gasteiger partial charge in [-0.05, 0) is 40.2 Å². The number of ether oxygens (including phenoxy) is 2. The van der Waals surface area contributed by atoms with Crippen LogP contribution in [0.25, 0.3) is 0 Å². The summed E-state index contributed by atoms with van der Waals surface area (Å²) in [7, 11) is 0. The molecule has 0 aliphatic carbocycles. The van der Waals surface area contributed by atoms with Crippen LogP contribution in [0.5, 0.6) is 0 Å². The summed E-state index contributed by atoms with van der Waals surface area (Å²) in [6.07, 6.45) is 0.721. The lowest BCUT2D eigenvalue weighted by atomic mass is 9.99. The lowest BCUT2D eigenvalue weighted by Crippen LogP contribution is -2.49. The van der Waals surface area contributed by atoms with Gasteiger partial charge in [0.15, 0.2) is 5.79 Å². The number of hydrogen-bond acceptors (Lipinski definition) is 4. The summed E-state index contributed by atoms with van der Waals surface area (Å²) in [6, 6.07) is 12.2. The van der Waals surface area contributed by atoms with Crippen molar-refractivity contribution in [2.45, 2.75) is 84.0 Å². The average molecular weight is 358 g/mol. The van der Waals surface area contributed by atoms with E-state index in [2.05, 4.69) is 6.07 Å². The second-order valence-corrected chi connectivity index (χ2v) is 8.32. The van der Waals surface area contributed by atoms with E-state index < -0.39 is 5.79 Å². The fourth-order valence-electron chi connectivity index (χ4n) is 3.34. The predicted octanol–water partition coefficient (Wildman–Crippen LogP) is 4.03. The van der Waals surface area contributed by atoms with Gasteiger partial charge >= 0.3 is 0 Å². The molecule has 1 aliphatic heterocycles. The zero-order chi connectivity index (χ0) is 19.4. The van der Waals surface area contributed by atoms with Crippen LogP contribution < -0.4 is 0 Å². The molecule has 1 aliphatic rings. The molecule has 5 nitrogen and oxygen atoms in total. The Labute approximate surface area is 156 Å². The van der Waals surface area contributed by atoms with Crippen LogP contribution in [-0.2, 0) is 20.8 Å². The Hall–Kier alpha value is -1.90. The molecule has 1 aromatic carbocycles. The van der Waals surface area contributed by atoms with Crippen molar-refractivity contribution >= 4 is 5.91 Å². The molecule has 2 atom stereocenters. The first-order chi connectivity index (χ1) is 12.1. The molecule has 5 heteroatoms. The number of rotatable bonds is 5. The Morgan fingerprint density at radius 3 is 2.42 bits per heavy atom. The van der Waals surface area contributed by atoms with Crippen molar-refractivity contribution in [3.8, 4) is 6.07 Å². The highest BCUT2D eigenvalue weighted by Gasteiger charge is 2.38. The van der Waals surface area contributed by atoms with E-state index in [-0.39, 0.29) is 23.7 Å². The van der Waals surface area contributed by atoms with Crippen LogP contribution in [0, 0.1) is 11.3 Å². The molecule has 1 heterocycles. The number of carbonyl (C=O) groups excluding carboxylic acids is 1. The fraction of sp³-hybridized carbons (Fsp3) is 0.619. The summed E-state index contributed by atoms with van der Waals surface area (Å²) in [5.41, 5.74) is 0.811. The molecule has 142 valence electrons. The third-order valence-corrected chi connectivity index (χ3v) is 4.44. The normalized spacial score (nSPS) is 22.5. The molecule has 0 radical (unpaired) electrons. The zero-order valence-electron chi connectivity index (χ0n) is 16.5. The summed E-state index contributed by atoms with van der Waals surface area (Å²) in [6.45, 7) is 10.4. The van der Waals surface area contributed by atoms with E-state index in [1.807, 2.05) is 69.9 Å². The zero-order valence-corrected chi connectivity index (χ0v) is 16.5. The molecule has 0 bridgehead atoms. The molecule has 0 aromatic heterocycles. The van der Waals surface area contributed by atoms with Gasteiger partial charge in [-0.25, -0.2) is 0 Å². The maximum Gasteiger partial charge on any atom is 0.225 e. The minimum absolute atomic E-state index is 0.0553. The van der Waals surface area contributed by atoms with Gasteiger partial charge in [0.2, 0.25) is 5.91 Å². The highest BCUT2D eigenvalue weighted by molar-refractivity contribution is 5.77. The van der Waals surface area contributed by atoms with Crippen LogP contribution in [0.15, 0.2) is 30.3 Å². The maximum atomic E-state index is 13.1. The molecule has 0 saturated carbocycles. The smallest absolute Gasteiger partial charge is 0.225 e. The monoisotopic (exact) mass is 358 g/mol. The molecule has 1 fully saturated rings. The third kappa shape index (κ3) is 5.82. The van der Waals surface area contributed by atoms with Crippen molar-refractivity contribution in [3.05, 3.63) is 35.9 Å². The van der Waals surface area contributed by atoms with Crippen molar-refractivity contribution in [1.29, 1.82) is 5.26 Å². The van der Waals surface area contributed by atoms with Gasteiger partial charge in [-0.15, -0.1) is 0 Å². The summed E-state index contributed by atoms with van der Waals surface area (Å²) in [5, 5.41) is 8.97. The van der Waals surface area contributed by atoms with Gasteiger partial charge in [0.1, 0.15) is 0 Å². The van der Waals surface area contributed by atoms with E-state index in [0.29, 0.717) is 25.8 Å². The highest BCUT2D eigenvalue weighted by Crippen LogP contribution is 2.31. The van der Waals surface area contributed by atoms with Crippen molar-refractivity contribution in [1.82, 2.24) is 4.90 Å². The first-order valence-electron chi connectivity index (χ1n) is 9.18. The average Bonchev–Trinajstić information content (AvgIpc) is 2.51. The number of hydrogen-bond donors (Lipinski definition) is 0. The van der Waals surface area contributed by atoms with Crippen LogP contribution in [0.4, 0.5) is 0 Å². The predicted molar refractivity (Wildman–Crippen MR) is 100 cm³/mol. The number of nitrogens with zero attached hydrogens (tertiary/aromatic N) is 2. The topological polar surface area (TPSA) is 62.6 Å². The molecule has 1 saturated heterocycles. The minimum atomic E-state index is -0.781. The van der Waals surface area contributed by atoms with Crippen LogP contribution >= 0.6 is 0 Å². The van der Waals surface area contributed by atoms with E-state index in [0.717, 1.165) is 5.56 Å². The second-order valence-electron chi connectivity index (χ2n) is 8.32. The molecular weight excluding hydrogens is 328 g/mol. The Morgan fingerprint density at radius 2 is 1.85 bits per heavy atom. The van der Waals surface area contributed by atoms with Crippen molar-refractivity contribution in [2.24, 2.45) is 0 Å². The van der Waals surface area contributed by atoms with E-state index >= 15 is 0 Å². The minimum Gasteiger partial charge on any atom is -0.347 e. The van der Waals surface area contributed by atoms with Gasteiger partial charge < -0.3 is 14.4 Å². The standard InChI is InChI=1S/C21H30N2O3/c1-20(2,3)23(15-16-9-7-6-8-10-16)19(24)14-18-13-17(11-12-22)25-21(4,5)26-18/h6-10,17-18H,11,13-15H2,1-5H3. The number of amides is 1. The third-order valence-electron chi connectivity index (χ3n) is 4.44. The summed E-state index contributed by atoms with van der Waals surface area (Å²) in [4.78, 5) is 15.0. The lowest BCUT2D eigenvalue weighted by molar-refractivity contribution is -0.298. The number of nitriles is 1. The Morgan fingerprint density at radius 1 is 1.23 bits per heavy atom. The molecule has 1 amide bonds.